The summed E-state index contributed by atoms with van der Waals surface area (Å²) in [6, 6.07) is 5.89. The van der Waals surface area contributed by atoms with Gasteiger partial charge in [-0.05, 0) is 37.3 Å². The first-order valence-electron chi connectivity index (χ1n) is 6.68. The van der Waals surface area contributed by atoms with Crippen LogP contribution in [0, 0.1) is 11.8 Å². The maximum atomic E-state index is 12.1. The molecule has 1 aromatic heterocycles. The minimum atomic E-state index is 0.322. The normalized spacial score (nSPS) is 24.5. The molecule has 0 bridgehead atoms. The molecule has 2 nitrogen and oxygen atoms in total. The summed E-state index contributed by atoms with van der Waals surface area (Å²) in [5.41, 5.74) is 1.03. The van der Waals surface area contributed by atoms with E-state index in [0.717, 1.165) is 30.9 Å². The predicted octanol–water partition coefficient (Wildman–Crippen LogP) is 3.41. The van der Waals surface area contributed by atoms with Gasteiger partial charge >= 0.3 is 0 Å². The van der Waals surface area contributed by atoms with Gasteiger partial charge in [-0.1, -0.05) is 25.8 Å². The molecule has 1 heterocycles. The molecule has 0 spiro atoms. The van der Waals surface area contributed by atoms with Crippen molar-refractivity contribution >= 4 is 5.78 Å². The van der Waals surface area contributed by atoms with Gasteiger partial charge < -0.3 is 0 Å². The van der Waals surface area contributed by atoms with Crippen LogP contribution >= 0.6 is 0 Å². The summed E-state index contributed by atoms with van der Waals surface area (Å²) in [5, 5.41) is 0. The van der Waals surface area contributed by atoms with E-state index >= 15 is 0 Å². The second-order valence-electron chi connectivity index (χ2n) is 5.26. The highest BCUT2D eigenvalue weighted by atomic mass is 16.1. The predicted molar refractivity (Wildman–Crippen MR) is 68.7 cm³/mol. The molecule has 1 aliphatic rings. The number of rotatable bonds is 4. The molecule has 1 saturated carbocycles. The van der Waals surface area contributed by atoms with Gasteiger partial charge in [0.15, 0.2) is 0 Å². The zero-order valence-corrected chi connectivity index (χ0v) is 10.6. The Balaban J connectivity index is 1.81. The van der Waals surface area contributed by atoms with Crippen molar-refractivity contribution in [2.45, 2.75) is 45.4 Å². The third kappa shape index (κ3) is 3.65. The lowest BCUT2D eigenvalue weighted by atomic mass is 9.79. The second-order valence-corrected chi connectivity index (χ2v) is 5.26. The van der Waals surface area contributed by atoms with E-state index in [1.165, 1.54) is 12.8 Å². The Morgan fingerprint density at radius 2 is 2.29 bits per heavy atom. The van der Waals surface area contributed by atoms with Gasteiger partial charge in [-0.25, -0.2) is 0 Å². The number of carbonyl (C=O) groups excluding carboxylic acids is 1. The first-order chi connectivity index (χ1) is 8.25. The molecule has 1 aromatic rings. The SMILES string of the molecule is CC1CCCC(C(=O)CCc2ccccn2)C1. The Bertz CT molecular complexity index is 360. The number of hydrogen-bond donors (Lipinski definition) is 0. The van der Waals surface area contributed by atoms with E-state index in [-0.39, 0.29) is 0 Å². The largest absolute Gasteiger partial charge is 0.299 e. The molecule has 0 saturated heterocycles. The van der Waals surface area contributed by atoms with Gasteiger partial charge in [0, 0.05) is 24.2 Å². The highest BCUT2D eigenvalue weighted by Gasteiger charge is 2.24. The average molecular weight is 231 g/mol. The van der Waals surface area contributed by atoms with Gasteiger partial charge in [-0.2, -0.15) is 0 Å². The summed E-state index contributed by atoms with van der Waals surface area (Å²) >= 11 is 0. The fraction of sp³-hybridized carbons (Fsp3) is 0.600. The Labute approximate surface area is 103 Å². The van der Waals surface area contributed by atoms with E-state index in [4.69, 9.17) is 0 Å². The average Bonchev–Trinajstić information content (AvgIpc) is 2.37. The summed E-state index contributed by atoms with van der Waals surface area (Å²) in [6.45, 7) is 2.26. The molecular weight excluding hydrogens is 210 g/mol. The third-order valence-corrected chi connectivity index (χ3v) is 3.75. The van der Waals surface area contributed by atoms with Crippen molar-refractivity contribution in [3.8, 4) is 0 Å². The number of carbonyl (C=O) groups is 1. The number of ketones is 1. The minimum absolute atomic E-state index is 0.322. The monoisotopic (exact) mass is 231 g/mol. The van der Waals surface area contributed by atoms with Gasteiger partial charge in [0.1, 0.15) is 5.78 Å². The van der Waals surface area contributed by atoms with Gasteiger partial charge in [-0.15, -0.1) is 0 Å². The summed E-state index contributed by atoms with van der Waals surface area (Å²) in [4.78, 5) is 16.3. The molecule has 17 heavy (non-hydrogen) atoms. The molecule has 0 aromatic carbocycles. The maximum absolute atomic E-state index is 12.1. The van der Waals surface area contributed by atoms with Crippen molar-refractivity contribution in [2.24, 2.45) is 11.8 Å². The van der Waals surface area contributed by atoms with Crippen molar-refractivity contribution in [1.82, 2.24) is 4.98 Å². The van der Waals surface area contributed by atoms with Crippen molar-refractivity contribution in [3.05, 3.63) is 30.1 Å². The fourth-order valence-corrected chi connectivity index (χ4v) is 2.73. The Morgan fingerprint density at radius 1 is 1.41 bits per heavy atom. The number of hydrogen-bond acceptors (Lipinski definition) is 2. The molecule has 1 fully saturated rings. The van der Waals surface area contributed by atoms with Crippen LogP contribution in [0.3, 0.4) is 0 Å². The molecule has 2 unspecified atom stereocenters. The Kier molecular flexibility index (Phi) is 4.29. The van der Waals surface area contributed by atoms with Crippen LogP contribution in [-0.4, -0.2) is 10.8 Å². The van der Waals surface area contributed by atoms with Crippen LogP contribution in [0.5, 0.6) is 0 Å². The van der Waals surface area contributed by atoms with Crippen LogP contribution < -0.4 is 0 Å². The first kappa shape index (κ1) is 12.3. The van der Waals surface area contributed by atoms with Crippen LogP contribution in [0.25, 0.3) is 0 Å². The number of aromatic nitrogens is 1. The molecule has 92 valence electrons. The molecule has 1 aliphatic carbocycles. The number of pyridine rings is 1. The van der Waals surface area contributed by atoms with Crippen molar-refractivity contribution in [2.75, 3.05) is 0 Å². The molecule has 0 amide bonds. The van der Waals surface area contributed by atoms with Crippen LogP contribution in [0.4, 0.5) is 0 Å². The summed E-state index contributed by atoms with van der Waals surface area (Å²) in [5.74, 6) is 1.50. The Morgan fingerprint density at radius 3 is 3.00 bits per heavy atom. The zero-order valence-electron chi connectivity index (χ0n) is 10.6. The lowest BCUT2D eigenvalue weighted by Crippen LogP contribution is -2.22. The third-order valence-electron chi connectivity index (χ3n) is 3.75. The van der Waals surface area contributed by atoms with Crippen molar-refractivity contribution < 1.29 is 4.79 Å². The van der Waals surface area contributed by atoms with Crippen molar-refractivity contribution in [1.29, 1.82) is 0 Å². The lowest BCUT2D eigenvalue weighted by molar-refractivity contribution is -0.124. The molecule has 2 atom stereocenters. The lowest BCUT2D eigenvalue weighted by Gasteiger charge is -2.25. The van der Waals surface area contributed by atoms with E-state index in [0.29, 0.717) is 18.1 Å². The van der Waals surface area contributed by atoms with Gasteiger partial charge in [0.05, 0.1) is 0 Å². The van der Waals surface area contributed by atoms with Crippen molar-refractivity contribution in [3.63, 3.8) is 0 Å². The van der Waals surface area contributed by atoms with E-state index in [1.807, 2.05) is 18.2 Å². The van der Waals surface area contributed by atoms with E-state index in [9.17, 15) is 4.79 Å². The molecular formula is C15H21NO. The number of nitrogens with zero attached hydrogens (tertiary/aromatic N) is 1. The minimum Gasteiger partial charge on any atom is -0.299 e. The van der Waals surface area contributed by atoms with E-state index in [1.54, 1.807) is 6.20 Å². The molecule has 2 rings (SSSR count). The molecule has 0 radical (unpaired) electrons. The summed E-state index contributed by atoms with van der Waals surface area (Å²) < 4.78 is 0. The van der Waals surface area contributed by atoms with Gasteiger partial charge in [-0.3, -0.25) is 9.78 Å². The number of aryl methyl sites for hydroxylation is 1. The topological polar surface area (TPSA) is 30.0 Å². The van der Waals surface area contributed by atoms with Gasteiger partial charge in [0.2, 0.25) is 0 Å². The number of Topliss-reactive ketones (excluding diaryl/α,β-unsaturated/α-hetero) is 1. The highest BCUT2D eigenvalue weighted by molar-refractivity contribution is 5.81. The van der Waals surface area contributed by atoms with Gasteiger partial charge in [0.25, 0.3) is 0 Å². The second kappa shape index (κ2) is 5.95. The molecule has 0 aliphatic heterocycles. The first-order valence-corrected chi connectivity index (χ1v) is 6.68. The standard InChI is InChI=1S/C15H21NO/c1-12-5-4-6-13(11-12)15(17)9-8-14-7-2-3-10-16-14/h2-3,7,10,12-13H,4-6,8-9,11H2,1H3. The summed E-state index contributed by atoms with van der Waals surface area (Å²) in [6.07, 6.45) is 7.97. The van der Waals surface area contributed by atoms with E-state index < -0.39 is 0 Å². The highest BCUT2D eigenvalue weighted by Crippen LogP contribution is 2.29. The van der Waals surface area contributed by atoms with Crippen LogP contribution in [-0.2, 0) is 11.2 Å². The smallest absolute Gasteiger partial charge is 0.136 e. The molecule has 0 N–H and O–H groups in total. The molecule has 2 heteroatoms. The fourth-order valence-electron chi connectivity index (χ4n) is 2.73. The zero-order chi connectivity index (χ0) is 12.1. The van der Waals surface area contributed by atoms with E-state index in [2.05, 4.69) is 11.9 Å². The quantitative estimate of drug-likeness (QED) is 0.794. The Hall–Kier alpha value is -1.18. The van der Waals surface area contributed by atoms with Crippen LogP contribution in [0.2, 0.25) is 0 Å². The maximum Gasteiger partial charge on any atom is 0.136 e. The van der Waals surface area contributed by atoms with Crippen LogP contribution in [0.15, 0.2) is 24.4 Å². The summed E-state index contributed by atoms with van der Waals surface area (Å²) in [7, 11) is 0. The van der Waals surface area contributed by atoms with Crippen LogP contribution in [0.1, 0.15) is 44.7 Å².